The molecule has 0 saturated carbocycles. The van der Waals surface area contributed by atoms with E-state index in [1.807, 2.05) is 13.0 Å². The van der Waals surface area contributed by atoms with E-state index >= 15 is 0 Å². The van der Waals surface area contributed by atoms with Gasteiger partial charge in [0.15, 0.2) is 0 Å². The molecule has 3 aromatic rings. The molecule has 0 atom stereocenters. The number of amides is 1. The predicted molar refractivity (Wildman–Crippen MR) is 100 cm³/mol. The lowest BCUT2D eigenvalue weighted by Crippen LogP contribution is -2.16. The maximum atomic E-state index is 10.8. The van der Waals surface area contributed by atoms with Crippen molar-refractivity contribution in [2.75, 3.05) is 17.2 Å². The number of fused-ring (bicyclic) bond motifs is 1. The number of primary amides is 1. The lowest BCUT2D eigenvalue weighted by atomic mass is 10.3. The number of imidazole rings is 1. The Morgan fingerprint density at radius 2 is 2.08 bits per heavy atom. The SMILES string of the molecule is Cc1nc2cnc(Nc3ccnc(NCCC(N)=O)n3)cc2n1C(C)C. The zero-order chi connectivity index (χ0) is 18.7. The molecule has 0 aromatic carbocycles. The molecule has 0 aliphatic heterocycles. The van der Waals surface area contributed by atoms with E-state index < -0.39 is 0 Å². The Balaban J connectivity index is 1.80. The molecule has 3 rings (SSSR count). The van der Waals surface area contributed by atoms with Crippen LogP contribution in [0.3, 0.4) is 0 Å². The van der Waals surface area contributed by atoms with Crippen LogP contribution in [0.25, 0.3) is 11.0 Å². The Kier molecular flexibility index (Phi) is 4.97. The molecule has 0 bridgehead atoms. The van der Waals surface area contributed by atoms with Gasteiger partial charge >= 0.3 is 0 Å². The number of pyridine rings is 1. The number of carbonyl (C=O) groups is 1. The van der Waals surface area contributed by atoms with Crippen LogP contribution in [-0.2, 0) is 4.79 Å². The first kappa shape index (κ1) is 17.6. The Morgan fingerprint density at radius 3 is 2.81 bits per heavy atom. The van der Waals surface area contributed by atoms with E-state index in [0.29, 0.717) is 30.2 Å². The van der Waals surface area contributed by atoms with Gasteiger partial charge in [-0.1, -0.05) is 0 Å². The molecule has 0 fully saturated rings. The molecule has 26 heavy (non-hydrogen) atoms. The van der Waals surface area contributed by atoms with E-state index in [2.05, 4.69) is 49.0 Å². The molecule has 1 amide bonds. The van der Waals surface area contributed by atoms with Crippen molar-refractivity contribution < 1.29 is 4.79 Å². The van der Waals surface area contributed by atoms with E-state index in [1.165, 1.54) is 0 Å². The van der Waals surface area contributed by atoms with Gasteiger partial charge in [0.1, 0.15) is 23.0 Å². The summed E-state index contributed by atoms with van der Waals surface area (Å²) in [4.78, 5) is 28.2. The Hall–Kier alpha value is -3.23. The number of hydrogen-bond donors (Lipinski definition) is 3. The van der Waals surface area contributed by atoms with Crippen LogP contribution in [0.4, 0.5) is 17.6 Å². The number of rotatable bonds is 7. The van der Waals surface area contributed by atoms with Crippen LogP contribution < -0.4 is 16.4 Å². The van der Waals surface area contributed by atoms with Crippen molar-refractivity contribution in [3.63, 3.8) is 0 Å². The molecule has 0 saturated heterocycles. The van der Waals surface area contributed by atoms with Gasteiger partial charge in [-0.2, -0.15) is 4.98 Å². The molecule has 9 heteroatoms. The van der Waals surface area contributed by atoms with Gasteiger partial charge in [-0.25, -0.2) is 15.0 Å². The lowest BCUT2D eigenvalue weighted by Gasteiger charge is -2.11. The molecule has 0 aliphatic rings. The van der Waals surface area contributed by atoms with Crippen molar-refractivity contribution in [2.24, 2.45) is 5.73 Å². The van der Waals surface area contributed by atoms with Crippen LogP contribution in [0.2, 0.25) is 0 Å². The number of anilines is 3. The van der Waals surface area contributed by atoms with Crippen LogP contribution in [0.5, 0.6) is 0 Å². The van der Waals surface area contributed by atoms with E-state index in [0.717, 1.165) is 16.9 Å². The Bertz CT molecular complexity index is 934. The van der Waals surface area contributed by atoms with Crippen molar-refractivity contribution in [1.29, 1.82) is 0 Å². The third-order valence-corrected chi connectivity index (χ3v) is 3.83. The number of aryl methyl sites for hydroxylation is 1. The second kappa shape index (κ2) is 7.34. The number of hydrogen-bond acceptors (Lipinski definition) is 7. The second-order valence-corrected chi connectivity index (χ2v) is 6.21. The van der Waals surface area contributed by atoms with E-state index in [1.54, 1.807) is 18.5 Å². The fraction of sp³-hybridized carbons (Fsp3) is 0.353. The molecular weight excluding hydrogens is 332 g/mol. The van der Waals surface area contributed by atoms with Crippen LogP contribution in [0.15, 0.2) is 24.5 Å². The minimum Gasteiger partial charge on any atom is -0.370 e. The highest BCUT2D eigenvalue weighted by molar-refractivity contribution is 5.79. The average Bonchev–Trinajstić information content (AvgIpc) is 2.90. The lowest BCUT2D eigenvalue weighted by molar-refractivity contribution is -0.117. The predicted octanol–water partition coefficient (Wildman–Crippen LogP) is 2.14. The molecule has 0 unspecified atom stereocenters. The fourth-order valence-electron chi connectivity index (χ4n) is 2.78. The fourth-order valence-corrected chi connectivity index (χ4v) is 2.78. The third kappa shape index (κ3) is 3.88. The van der Waals surface area contributed by atoms with Crippen LogP contribution in [-0.4, -0.2) is 37.0 Å². The molecule has 9 nitrogen and oxygen atoms in total. The highest BCUT2D eigenvalue weighted by atomic mass is 16.1. The molecule has 3 heterocycles. The van der Waals surface area contributed by atoms with Crippen molar-refractivity contribution in [3.8, 4) is 0 Å². The summed E-state index contributed by atoms with van der Waals surface area (Å²) in [5.41, 5.74) is 7.00. The van der Waals surface area contributed by atoms with Crippen LogP contribution in [0.1, 0.15) is 32.1 Å². The van der Waals surface area contributed by atoms with Gasteiger partial charge in [-0.3, -0.25) is 4.79 Å². The zero-order valence-electron chi connectivity index (χ0n) is 15.0. The van der Waals surface area contributed by atoms with Gasteiger partial charge in [-0.15, -0.1) is 0 Å². The van der Waals surface area contributed by atoms with Crippen LogP contribution >= 0.6 is 0 Å². The second-order valence-electron chi connectivity index (χ2n) is 6.21. The summed E-state index contributed by atoms with van der Waals surface area (Å²) in [6, 6.07) is 4.00. The van der Waals surface area contributed by atoms with Gasteiger partial charge < -0.3 is 20.9 Å². The Labute approximate surface area is 151 Å². The summed E-state index contributed by atoms with van der Waals surface area (Å²) in [6.45, 7) is 6.61. The molecule has 0 spiro atoms. The highest BCUT2D eigenvalue weighted by Gasteiger charge is 2.11. The molecule has 136 valence electrons. The van der Waals surface area contributed by atoms with Crippen molar-refractivity contribution >= 4 is 34.5 Å². The first-order valence-corrected chi connectivity index (χ1v) is 8.41. The van der Waals surface area contributed by atoms with Crippen molar-refractivity contribution in [2.45, 2.75) is 33.2 Å². The smallest absolute Gasteiger partial charge is 0.224 e. The number of nitrogens with one attached hydrogen (secondary N) is 2. The van der Waals surface area contributed by atoms with E-state index in [4.69, 9.17) is 5.73 Å². The topological polar surface area (TPSA) is 124 Å². The van der Waals surface area contributed by atoms with Gasteiger partial charge in [0, 0.05) is 31.3 Å². The summed E-state index contributed by atoms with van der Waals surface area (Å²) < 4.78 is 2.17. The molecular formula is C17H22N8O. The normalized spacial score (nSPS) is 11.1. The average molecular weight is 354 g/mol. The Morgan fingerprint density at radius 1 is 1.27 bits per heavy atom. The molecule has 0 radical (unpaired) electrons. The summed E-state index contributed by atoms with van der Waals surface area (Å²) in [5.74, 6) is 2.26. The number of aromatic nitrogens is 5. The standard InChI is InChI=1S/C17H22N8O/c1-10(2)25-11(3)22-12-9-21-16(8-13(12)25)23-15-5-7-20-17(24-15)19-6-4-14(18)26/h5,7-10H,4,6H2,1-3H3,(H2,18,26)(H2,19,20,21,23,24). The molecule has 4 N–H and O–H groups in total. The van der Waals surface area contributed by atoms with Gasteiger partial charge in [-0.05, 0) is 26.8 Å². The number of carbonyl (C=O) groups excluding carboxylic acids is 1. The highest BCUT2D eigenvalue weighted by Crippen LogP contribution is 2.23. The maximum absolute atomic E-state index is 10.8. The summed E-state index contributed by atoms with van der Waals surface area (Å²) in [6.07, 6.45) is 3.59. The van der Waals surface area contributed by atoms with Gasteiger partial charge in [0.2, 0.25) is 11.9 Å². The summed E-state index contributed by atoms with van der Waals surface area (Å²) in [5, 5.41) is 6.14. The van der Waals surface area contributed by atoms with E-state index in [9.17, 15) is 4.79 Å². The van der Waals surface area contributed by atoms with Crippen molar-refractivity contribution in [3.05, 3.63) is 30.4 Å². The van der Waals surface area contributed by atoms with Crippen LogP contribution in [0, 0.1) is 6.92 Å². The largest absolute Gasteiger partial charge is 0.370 e. The first-order chi connectivity index (χ1) is 12.4. The third-order valence-electron chi connectivity index (χ3n) is 3.83. The summed E-state index contributed by atoms with van der Waals surface area (Å²) in [7, 11) is 0. The molecule has 0 aliphatic carbocycles. The summed E-state index contributed by atoms with van der Waals surface area (Å²) >= 11 is 0. The monoisotopic (exact) mass is 354 g/mol. The molecule has 3 aromatic heterocycles. The number of nitrogens with zero attached hydrogens (tertiary/aromatic N) is 5. The zero-order valence-corrected chi connectivity index (χ0v) is 15.0. The number of nitrogens with two attached hydrogens (primary N) is 1. The van der Waals surface area contributed by atoms with Gasteiger partial charge in [0.25, 0.3) is 0 Å². The van der Waals surface area contributed by atoms with Gasteiger partial charge in [0.05, 0.1) is 11.7 Å². The maximum Gasteiger partial charge on any atom is 0.224 e. The minimum absolute atomic E-state index is 0.220. The van der Waals surface area contributed by atoms with Crippen molar-refractivity contribution in [1.82, 2.24) is 24.5 Å². The first-order valence-electron chi connectivity index (χ1n) is 8.41. The quantitative estimate of drug-likeness (QED) is 0.594. The van der Waals surface area contributed by atoms with E-state index in [-0.39, 0.29) is 12.3 Å². The minimum atomic E-state index is -0.374.